The molecular weight excluding hydrogens is 308 g/mol. The van der Waals surface area contributed by atoms with Crippen molar-refractivity contribution in [3.05, 3.63) is 35.4 Å². The van der Waals surface area contributed by atoms with Crippen LogP contribution in [0.25, 0.3) is 0 Å². The zero-order chi connectivity index (χ0) is 17.7. The van der Waals surface area contributed by atoms with E-state index in [9.17, 15) is 9.59 Å². The Balaban J connectivity index is 2.04. The highest BCUT2D eigenvalue weighted by Crippen LogP contribution is 2.24. The van der Waals surface area contributed by atoms with Gasteiger partial charge < -0.3 is 14.2 Å². The second-order valence-corrected chi connectivity index (χ2v) is 7.08. The fraction of sp³-hybridized carbons (Fsp3) is 0.579. The van der Waals surface area contributed by atoms with Crippen LogP contribution in [0, 0.1) is 5.92 Å². The molecule has 1 atom stereocenters. The molecule has 5 heteroatoms. The standard InChI is InChI=1S/C19H26O5/c1-19(2,3)15-7-5-13(6-8-15)16(20)11-14(18(21)22-4)12-17-23-9-10-24-17/h5-8,14,17H,9-12H2,1-4H3. The first kappa shape index (κ1) is 18.6. The minimum Gasteiger partial charge on any atom is -0.469 e. The van der Waals surface area contributed by atoms with Crippen LogP contribution in [-0.4, -0.2) is 38.4 Å². The average Bonchev–Trinajstić information content (AvgIpc) is 3.05. The fourth-order valence-corrected chi connectivity index (χ4v) is 2.70. The lowest BCUT2D eigenvalue weighted by Crippen LogP contribution is -2.25. The molecule has 0 bridgehead atoms. The van der Waals surface area contributed by atoms with E-state index in [4.69, 9.17) is 14.2 Å². The number of rotatable bonds is 6. The maximum absolute atomic E-state index is 12.5. The van der Waals surface area contributed by atoms with Gasteiger partial charge in [0.1, 0.15) is 0 Å². The normalized spacial score (nSPS) is 16.8. The number of hydrogen-bond acceptors (Lipinski definition) is 5. The van der Waals surface area contributed by atoms with Gasteiger partial charge in [0.2, 0.25) is 0 Å². The molecule has 1 heterocycles. The molecule has 1 saturated heterocycles. The molecule has 1 aliphatic heterocycles. The largest absolute Gasteiger partial charge is 0.469 e. The minimum atomic E-state index is -0.562. The molecule has 2 rings (SSSR count). The molecule has 0 aliphatic carbocycles. The average molecular weight is 334 g/mol. The molecule has 1 aromatic rings. The number of methoxy groups -OCH3 is 1. The van der Waals surface area contributed by atoms with Gasteiger partial charge in [0.25, 0.3) is 0 Å². The second kappa shape index (κ2) is 7.90. The Morgan fingerprint density at radius 3 is 2.25 bits per heavy atom. The van der Waals surface area contributed by atoms with Crippen LogP contribution in [-0.2, 0) is 24.4 Å². The van der Waals surface area contributed by atoms with Gasteiger partial charge in [0, 0.05) is 18.4 Å². The number of ketones is 1. The van der Waals surface area contributed by atoms with E-state index in [-0.39, 0.29) is 17.6 Å². The molecule has 0 N–H and O–H groups in total. The van der Waals surface area contributed by atoms with Gasteiger partial charge in [-0.15, -0.1) is 0 Å². The van der Waals surface area contributed by atoms with Crippen LogP contribution >= 0.6 is 0 Å². The Kier molecular flexibility index (Phi) is 6.13. The van der Waals surface area contributed by atoms with Gasteiger partial charge in [0.05, 0.1) is 26.2 Å². The van der Waals surface area contributed by atoms with Crippen LogP contribution in [0.5, 0.6) is 0 Å². The molecule has 24 heavy (non-hydrogen) atoms. The molecular formula is C19H26O5. The predicted octanol–water partition coefficient (Wildman–Crippen LogP) is 3.11. The Morgan fingerprint density at radius 2 is 1.75 bits per heavy atom. The van der Waals surface area contributed by atoms with Crippen molar-refractivity contribution in [2.45, 2.75) is 45.3 Å². The summed E-state index contributed by atoms with van der Waals surface area (Å²) in [6.07, 6.45) is -0.0198. The van der Waals surface area contributed by atoms with Crippen molar-refractivity contribution in [2.24, 2.45) is 5.92 Å². The predicted molar refractivity (Wildman–Crippen MR) is 89.9 cm³/mol. The molecule has 1 aliphatic rings. The Hall–Kier alpha value is -1.72. The molecule has 0 aromatic heterocycles. The molecule has 1 aromatic carbocycles. The maximum atomic E-state index is 12.5. The van der Waals surface area contributed by atoms with E-state index in [1.54, 1.807) is 0 Å². The van der Waals surface area contributed by atoms with Crippen molar-refractivity contribution < 1.29 is 23.8 Å². The van der Waals surface area contributed by atoms with E-state index in [2.05, 4.69) is 20.8 Å². The van der Waals surface area contributed by atoms with Gasteiger partial charge >= 0.3 is 5.97 Å². The van der Waals surface area contributed by atoms with E-state index in [1.807, 2.05) is 24.3 Å². The van der Waals surface area contributed by atoms with E-state index in [0.29, 0.717) is 25.2 Å². The molecule has 5 nitrogen and oxygen atoms in total. The van der Waals surface area contributed by atoms with Crippen molar-refractivity contribution >= 4 is 11.8 Å². The summed E-state index contributed by atoms with van der Waals surface area (Å²) in [6.45, 7) is 7.40. The van der Waals surface area contributed by atoms with E-state index in [0.717, 1.165) is 5.56 Å². The summed E-state index contributed by atoms with van der Waals surface area (Å²) in [5.41, 5.74) is 1.80. The third kappa shape index (κ3) is 4.89. The second-order valence-electron chi connectivity index (χ2n) is 7.08. The van der Waals surface area contributed by atoms with E-state index in [1.165, 1.54) is 7.11 Å². The Morgan fingerprint density at radius 1 is 1.17 bits per heavy atom. The molecule has 0 amide bonds. The van der Waals surface area contributed by atoms with E-state index >= 15 is 0 Å². The Bertz CT molecular complexity index is 564. The molecule has 0 saturated carbocycles. The minimum absolute atomic E-state index is 0.0350. The summed E-state index contributed by atoms with van der Waals surface area (Å²) in [4.78, 5) is 24.5. The number of benzene rings is 1. The van der Waals surface area contributed by atoms with Gasteiger partial charge in [0.15, 0.2) is 12.1 Å². The number of hydrogen-bond donors (Lipinski definition) is 0. The van der Waals surface area contributed by atoms with Crippen molar-refractivity contribution in [1.29, 1.82) is 0 Å². The zero-order valence-electron chi connectivity index (χ0n) is 14.8. The number of carbonyl (C=O) groups is 2. The van der Waals surface area contributed by atoms with Gasteiger partial charge in [-0.2, -0.15) is 0 Å². The van der Waals surface area contributed by atoms with Crippen molar-refractivity contribution in [3.8, 4) is 0 Å². The molecule has 1 unspecified atom stereocenters. The lowest BCUT2D eigenvalue weighted by Gasteiger charge is -2.19. The highest BCUT2D eigenvalue weighted by molar-refractivity contribution is 5.98. The van der Waals surface area contributed by atoms with Crippen LogP contribution in [0.15, 0.2) is 24.3 Å². The smallest absolute Gasteiger partial charge is 0.309 e. The molecule has 132 valence electrons. The lowest BCUT2D eigenvalue weighted by atomic mass is 9.86. The monoisotopic (exact) mass is 334 g/mol. The van der Waals surface area contributed by atoms with Crippen LogP contribution in [0.1, 0.15) is 49.5 Å². The first-order valence-corrected chi connectivity index (χ1v) is 8.26. The van der Waals surface area contributed by atoms with Gasteiger partial charge in [-0.3, -0.25) is 9.59 Å². The van der Waals surface area contributed by atoms with Gasteiger partial charge in [-0.1, -0.05) is 45.0 Å². The zero-order valence-corrected chi connectivity index (χ0v) is 14.8. The summed E-state index contributed by atoms with van der Waals surface area (Å²) in [5, 5.41) is 0. The maximum Gasteiger partial charge on any atom is 0.309 e. The summed E-state index contributed by atoms with van der Waals surface area (Å²) in [5.74, 6) is -1.05. The lowest BCUT2D eigenvalue weighted by molar-refractivity contribution is -0.149. The van der Waals surface area contributed by atoms with Crippen molar-refractivity contribution in [3.63, 3.8) is 0 Å². The number of Topliss-reactive ketones (excluding diaryl/α,β-unsaturated/α-hetero) is 1. The summed E-state index contributed by atoms with van der Waals surface area (Å²) < 4.78 is 15.6. The summed E-state index contributed by atoms with van der Waals surface area (Å²) in [7, 11) is 1.33. The quantitative estimate of drug-likeness (QED) is 0.591. The van der Waals surface area contributed by atoms with Crippen LogP contribution in [0.3, 0.4) is 0 Å². The molecule has 0 radical (unpaired) electrons. The van der Waals surface area contributed by atoms with Crippen molar-refractivity contribution in [2.75, 3.05) is 20.3 Å². The van der Waals surface area contributed by atoms with Crippen LogP contribution in [0.2, 0.25) is 0 Å². The number of ether oxygens (including phenoxy) is 3. The Labute approximate surface area is 143 Å². The fourth-order valence-electron chi connectivity index (χ4n) is 2.70. The first-order chi connectivity index (χ1) is 11.3. The SMILES string of the molecule is COC(=O)C(CC(=O)c1ccc(C(C)(C)C)cc1)CC1OCCO1. The van der Waals surface area contributed by atoms with E-state index < -0.39 is 18.2 Å². The summed E-state index contributed by atoms with van der Waals surface area (Å²) in [6, 6.07) is 7.56. The van der Waals surface area contributed by atoms with Crippen LogP contribution in [0.4, 0.5) is 0 Å². The summed E-state index contributed by atoms with van der Waals surface area (Å²) >= 11 is 0. The van der Waals surface area contributed by atoms with Gasteiger partial charge in [-0.05, 0) is 11.0 Å². The van der Waals surface area contributed by atoms with Crippen LogP contribution < -0.4 is 0 Å². The number of carbonyl (C=O) groups excluding carboxylic acids is 2. The highest BCUT2D eigenvalue weighted by atomic mass is 16.7. The number of esters is 1. The topological polar surface area (TPSA) is 61.8 Å². The van der Waals surface area contributed by atoms with Crippen molar-refractivity contribution in [1.82, 2.24) is 0 Å². The van der Waals surface area contributed by atoms with Gasteiger partial charge in [-0.25, -0.2) is 0 Å². The molecule has 0 spiro atoms. The third-order valence-electron chi connectivity index (χ3n) is 4.21. The molecule has 1 fully saturated rings. The third-order valence-corrected chi connectivity index (χ3v) is 4.21. The highest BCUT2D eigenvalue weighted by Gasteiger charge is 2.29. The first-order valence-electron chi connectivity index (χ1n) is 8.26.